The summed E-state index contributed by atoms with van der Waals surface area (Å²) in [4.78, 5) is 38.0. The first-order chi connectivity index (χ1) is 31.5. The Hall–Kier alpha value is -3.41. The van der Waals surface area contributed by atoms with Gasteiger partial charge in [0.25, 0.3) is 0 Å². The molecule has 0 amide bonds. The zero-order valence-corrected chi connectivity index (χ0v) is 41.8. The zero-order chi connectivity index (χ0) is 46.5. The predicted molar refractivity (Wildman–Crippen MR) is 274 cm³/mol. The van der Waals surface area contributed by atoms with Crippen molar-refractivity contribution in [2.24, 2.45) is 0 Å². The highest BCUT2D eigenvalue weighted by Gasteiger charge is 2.19. The quantitative estimate of drug-likeness (QED) is 0.0199. The standard InChI is InChI=1S/C58H98O6/c1-4-7-10-13-16-19-22-24-26-28-30-31-33-36-39-42-45-48-51-57(60)63-54-55(53-62-56(59)50-47-44-41-38-35-21-18-15-12-9-6-3)64-58(61)52-49-46-43-40-37-34-32-29-27-25-23-20-17-14-11-8-5-2/h10,13,16-17,19-20,22,24-28,30-31,55H,4-9,11-12,14-15,18,21,23,29,32-54H2,1-3H3/b13-10-,19-16-,20-17-,24-22-,27-25-,28-26-,31-30-. The first-order valence-electron chi connectivity index (χ1n) is 26.7. The SMILES string of the molecule is CCC\C=C/C=C\C=C/C=C\C=C/CCCCCCCC(=O)OCC(COC(=O)CCCCCCCCCCCCC)OC(=O)CCCCCCCCC/C=C\C/C=C\CCCCC. The number of allylic oxidation sites excluding steroid dienone is 14. The summed E-state index contributed by atoms with van der Waals surface area (Å²) in [6.45, 7) is 6.49. The molecule has 0 aromatic carbocycles. The van der Waals surface area contributed by atoms with Gasteiger partial charge in [-0.1, -0.05) is 241 Å². The molecule has 0 rings (SSSR count). The summed E-state index contributed by atoms with van der Waals surface area (Å²) in [5.41, 5.74) is 0. The van der Waals surface area contributed by atoms with Gasteiger partial charge in [0.2, 0.25) is 0 Å². The lowest BCUT2D eigenvalue weighted by Gasteiger charge is -2.18. The van der Waals surface area contributed by atoms with Crippen LogP contribution in [0, 0.1) is 0 Å². The van der Waals surface area contributed by atoms with Gasteiger partial charge in [0.15, 0.2) is 6.10 Å². The van der Waals surface area contributed by atoms with Gasteiger partial charge in [-0.2, -0.15) is 0 Å². The maximum absolute atomic E-state index is 12.8. The number of unbranched alkanes of at least 4 members (excludes halogenated alkanes) is 26. The molecule has 366 valence electrons. The third kappa shape index (κ3) is 49.6. The molecule has 0 saturated carbocycles. The van der Waals surface area contributed by atoms with Crippen molar-refractivity contribution in [1.82, 2.24) is 0 Å². The van der Waals surface area contributed by atoms with E-state index < -0.39 is 6.10 Å². The zero-order valence-electron chi connectivity index (χ0n) is 41.8. The second kappa shape index (κ2) is 52.2. The van der Waals surface area contributed by atoms with Crippen LogP contribution in [-0.4, -0.2) is 37.2 Å². The first-order valence-corrected chi connectivity index (χ1v) is 26.7. The van der Waals surface area contributed by atoms with Crippen molar-refractivity contribution in [3.63, 3.8) is 0 Å². The summed E-state index contributed by atoms with van der Waals surface area (Å²) >= 11 is 0. The molecule has 0 aromatic rings. The van der Waals surface area contributed by atoms with E-state index in [9.17, 15) is 14.4 Å². The molecule has 0 bridgehead atoms. The maximum Gasteiger partial charge on any atom is 0.306 e. The van der Waals surface area contributed by atoms with Crippen LogP contribution in [0.5, 0.6) is 0 Å². The van der Waals surface area contributed by atoms with Gasteiger partial charge >= 0.3 is 17.9 Å². The van der Waals surface area contributed by atoms with Gasteiger partial charge < -0.3 is 14.2 Å². The van der Waals surface area contributed by atoms with Gasteiger partial charge in [-0.15, -0.1) is 0 Å². The largest absolute Gasteiger partial charge is 0.462 e. The van der Waals surface area contributed by atoms with Crippen LogP contribution < -0.4 is 0 Å². The third-order valence-corrected chi connectivity index (χ3v) is 11.2. The Balaban J connectivity index is 4.43. The van der Waals surface area contributed by atoms with Crippen molar-refractivity contribution < 1.29 is 28.6 Å². The summed E-state index contributed by atoms with van der Waals surface area (Å²) in [6, 6.07) is 0. The molecule has 0 heterocycles. The van der Waals surface area contributed by atoms with Gasteiger partial charge in [0, 0.05) is 19.3 Å². The van der Waals surface area contributed by atoms with Crippen LogP contribution in [-0.2, 0) is 28.6 Å². The predicted octanol–water partition coefficient (Wildman–Crippen LogP) is 17.6. The van der Waals surface area contributed by atoms with Crippen LogP contribution in [0.4, 0.5) is 0 Å². The van der Waals surface area contributed by atoms with Crippen molar-refractivity contribution in [2.75, 3.05) is 13.2 Å². The Labute approximate surface area is 395 Å². The number of carbonyl (C=O) groups is 3. The molecule has 0 spiro atoms. The van der Waals surface area contributed by atoms with E-state index in [1.165, 1.54) is 109 Å². The smallest absolute Gasteiger partial charge is 0.306 e. The molecule has 0 aromatic heterocycles. The lowest BCUT2D eigenvalue weighted by atomic mass is 10.1. The molecule has 1 atom stereocenters. The molecule has 0 aliphatic carbocycles. The average molecular weight is 891 g/mol. The van der Waals surface area contributed by atoms with Crippen LogP contribution in [0.3, 0.4) is 0 Å². The summed E-state index contributed by atoms with van der Waals surface area (Å²) in [6.07, 6.45) is 67.0. The molecule has 0 aliphatic rings. The van der Waals surface area contributed by atoms with Crippen LogP contribution in [0.1, 0.15) is 245 Å². The van der Waals surface area contributed by atoms with E-state index in [0.29, 0.717) is 19.3 Å². The number of carbonyl (C=O) groups excluding carboxylic acids is 3. The van der Waals surface area contributed by atoms with Crippen LogP contribution >= 0.6 is 0 Å². The van der Waals surface area contributed by atoms with Crippen molar-refractivity contribution in [1.29, 1.82) is 0 Å². The maximum atomic E-state index is 12.8. The molecule has 0 N–H and O–H groups in total. The highest BCUT2D eigenvalue weighted by atomic mass is 16.6. The van der Waals surface area contributed by atoms with Crippen LogP contribution in [0.25, 0.3) is 0 Å². The molecular formula is C58H98O6. The van der Waals surface area contributed by atoms with Crippen LogP contribution in [0.2, 0.25) is 0 Å². The summed E-state index contributed by atoms with van der Waals surface area (Å²) < 4.78 is 16.8. The van der Waals surface area contributed by atoms with Gasteiger partial charge in [0.1, 0.15) is 13.2 Å². The van der Waals surface area contributed by atoms with Gasteiger partial charge in [-0.3, -0.25) is 14.4 Å². The first kappa shape index (κ1) is 60.6. The summed E-state index contributed by atoms with van der Waals surface area (Å²) in [5, 5.41) is 0. The van der Waals surface area contributed by atoms with E-state index in [-0.39, 0.29) is 31.1 Å². The summed E-state index contributed by atoms with van der Waals surface area (Å²) in [7, 11) is 0. The lowest BCUT2D eigenvalue weighted by molar-refractivity contribution is -0.167. The van der Waals surface area contributed by atoms with Gasteiger partial charge in [0.05, 0.1) is 0 Å². The summed E-state index contributed by atoms with van der Waals surface area (Å²) in [5.74, 6) is -0.920. The Morgan fingerprint density at radius 3 is 1.09 bits per heavy atom. The van der Waals surface area contributed by atoms with Crippen molar-refractivity contribution in [3.05, 3.63) is 85.1 Å². The molecule has 0 fully saturated rings. The third-order valence-electron chi connectivity index (χ3n) is 11.2. The van der Waals surface area contributed by atoms with E-state index in [2.05, 4.69) is 81.5 Å². The number of esters is 3. The minimum Gasteiger partial charge on any atom is -0.462 e. The van der Waals surface area contributed by atoms with E-state index in [1.54, 1.807) is 0 Å². The second-order valence-electron chi connectivity index (χ2n) is 17.6. The second-order valence-corrected chi connectivity index (χ2v) is 17.6. The average Bonchev–Trinajstić information content (AvgIpc) is 3.29. The van der Waals surface area contributed by atoms with Crippen molar-refractivity contribution in [3.8, 4) is 0 Å². The Morgan fingerprint density at radius 2 is 0.656 bits per heavy atom. The van der Waals surface area contributed by atoms with Crippen LogP contribution in [0.15, 0.2) is 85.1 Å². The topological polar surface area (TPSA) is 78.9 Å². The fourth-order valence-electron chi connectivity index (χ4n) is 7.21. The monoisotopic (exact) mass is 891 g/mol. The van der Waals surface area contributed by atoms with Gasteiger partial charge in [-0.05, 0) is 70.6 Å². The van der Waals surface area contributed by atoms with E-state index in [1.807, 2.05) is 24.3 Å². The number of ether oxygens (including phenoxy) is 3. The van der Waals surface area contributed by atoms with E-state index in [0.717, 1.165) is 96.3 Å². The molecule has 0 radical (unpaired) electrons. The minimum absolute atomic E-state index is 0.0872. The normalized spacial score (nSPS) is 12.7. The molecule has 6 heteroatoms. The minimum atomic E-state index is -0.790. The Morgan fingerprint density at radius 1 is 0.328 bits per heavy atom. The molecule has 0 saturated heterocycles. The molecule has 64 heavy (non-hydrogen) atoms. The van der Waals surface area contributed by atoms with E-state index in [4.69, 9.17) is 14.2 Å². The number of rotatable bonds is 47. The van der Waals surface area contributed by atoms with E-state index >= 15 is 0 Å². The Kier molecular flexibility index (Phi) is 49.4. The molecule has 6 nitrogen and oxygen atoms in total. The number of hydrogen-bond acceptors (Lipinski definition) is 6. The molecule has 0 aliphatic heterocycles. The van der Waals surface area contributed by atoms with Gasteiger partial charge in [-0.25, -0.2) is 0 Å². The lowest BCUT2D eigenvalue weighted by Crippen LogP contribution is -2.30. The van der Waals surface area contributed by atoms with Crippen molar-refractivity contribution in [2.45, 2.75) is 252 Å². The fourth-order valence-corrected chi connectivity index (χ4v) is 7.21. The number of hydrogen-bond donors (Lipinski definition) is 0. The molecule has 1 unspecified atom stereocenters. The molecular weight excluding hydrogens is 793 g/mol. The highest BCUT2D eigenvalue weighted by Crippen LogP contribution is 2.15. The van der Waals surface area contributed by atoms with Crippen molar-refractivity contribution >= 4 is 17.9 Å². The Bertz CT molecular complexity index is 1250. The highest BCUT2D eigenvalue weighted by molar-refractivity contribution is 5.71. The fraction of sp³-hybridized carbons (Fsp3) is 0.707.